The lowest BCUT2D eigenvalue weighted by molar-refractivity contribution is 0.00800. The van der Waals surface area contributed by atoms with Gasteiger partial charge < -0.3 is 15.1 Å². The molecule has 1 aliphatic heterocycles. The minimum absolute atomic E-state index is 0.0907. The summed E-state index contributed by atoms with van der Waals surface area (Å²) in [4.78, 5) is 11.3. The zero-order chi connectivity index (χ0) is 8.43. The molecular formula is C6H10FNO3. The van der Waals surface area contributed by atoms with E-state index in [1.54, 1.807) is 0 Å². The topological polar surface area (TPSA) is 60.8 Å². The molecule has 1 aliphatic rings. The van der Waals surface area contributed by atoms with Crippen LogP contribution in [-0.2, 0) is 0 Å². The van der Waals surface area contributed by atoms with Gasteiger partial charge in [0.2, 0.25) is 0 Å². The van der Waals surface area contributed by atoms with E-state index in [4.69, 9.17) is 10.2 Å². The number of carbonyl (C=O) groups is 1. The van der Waals surface area contributed by atoms with Gasteiger partial charge in [0.25, 0.3) is 0 Å². The molecule has 5 heteroatoms. The van der Waals surface area contributed by atoms with Crippen molar-refractivity contribution in [2.45, 2.75) is 18.7 Å². The zero-order valence-corrected chi connectivity index (χ0v) is 5.90. The Labute approximate surface area is 63.2 Å². The van der Waals surface area contributed by atoms with Gasteiger partial charge in [0, 0.05) is 6.54 Å². The van der Waals surface area contributed by atoms with Gasteiger partial charge in [-0.3, -0.25) is 0 Å². The average molecular weight is 163 g/mol. The van der Waals surface area contributed by atoms with Gasteiger partial charge in [0.05, 0.1) is 6.54 Å². The third-order valence-corrected chi connectivity index (χ3v) is 1.77. The molecule has 1 fully saturated rings. The summed E-state index contributed by atoms with van der Waals surface area (Å²) in [5, 5.41) is 17.4. The number of aliphatic hydroxyl groups is 1. The highest BCUT2D eigenvalue weighted by atomic mass is 19.1. The van der Waals surface area contributed by atoms with Crippen molar-refractivity contribution in [3.8, 4) is 0 Å². The number of piperidine rings is 1. The van der Waals surface area contributed by atoms with Gasteiger partial charge >= 0.3 is 6.09 Å². The number of carboxylic acid groups (broad SMARTS) is 1. The fourth-order valence-electron chi connectivity index (χ4n) is 1.08. The highest BCUT2D eigenvalue weighted by molar-refractivity contribution is 5.65. The minimum Gasteiger partial charge on any atom is -0.465 e. The van der Waals surface area contributed by atoms with E-state index >= 15 is 0 Å². The molecule has 0 aromatic rings. The molecule has 0 aliphatic carbocycles. The van der Waals surface area contributed by atoms with Gasteiger partial charge in [-0.25, -0.2) is 9.18 Å². The summed E-state index contributed by atoms with van der Waals surface area (Å²) >= 11 is 0. The summed E-state index contributed by atoms with van der Waals surface area (Å²) < 4.78 is 12.5. The molecule has 0 aromatic carbocycles. The van der Waals surface area contributed by atoms with E-state index in [0.29, 0.717) is 0 Å². The Hall–Kier alpha value is -0.840. The van der Waals surface area contributed by atoms with Crippen LogP contribution in [0.25, 0.3) is 0 Å². The number of alkyl halides is 1. The molecule has 0 spiro atoms. The number of hydrogen-bond donors (Lipinski definition) is 2. The summed E-state index contributed by atoms with van der Waals surface area (Å²) in [5.41, 5.74) is 0. The van der Waals surface area contributed by atoms with Crippen LogP contribution < -0.4 is 0 Å². The van der Waals surface area contributed by atoms with E-state index in [-0.39, 0.29) is 19.5 Å². The van der Waals surface area contributed by atoms with Crippen LogP contribution in [0.3, 0.4) is 0 Å². The maximum Gasteiger partial charge on any atom is 0.407 e. The molecule has 1 rings (SSSR count). The predicted molar refractivity (Wildman–Crippen MR) is 35.1 cm³/mol. The molecule has 0 bridgehead atoms. The lowest BCUT2D eigenvalue weighted by atomic mass is 10.1. The van der Waals surface area contributed by atoms with Crippen molar-refractivity contribution in [3.05, 3.63) is 0 Å². The molecule has 0 saturated carbocycles. The van der Waals surface area contributed by atoms with Crippen molar-refractivity contribution in [2.24, 2.45) is 0 Å². The zero-order valence-electron chi connectivity index (χ0n) is 5.90. The number of likely N-dealkylation sites (tertiary alicyclic amines) is 1. The number of nitrogens with zero attached hydrogens (tertiary/aromatic N) is 1. The van der Waals surface area contributed by atoms with Gasteiger partial charge in [-0.05, 0) is 6.42 Å². The second-order valence-electron chi connectivity index (χ2n) is 2.60. The van der Waals surface area contributed by atoms with Gasteiger partial charge in [-0.1, -0.05) is 0 Å². The van der Waals surface area contributed by atoms with Crippen LogP contribution in [0.4, 0.5) is 9.18 Å². The predicted octanol–water partition coefficient (Wildman–Crippen LogP) is 0.0691. The fourth-order valence-corrected chi connectivity index (χ4v) is 1.08. The Balaban J connectivity index is 2.46. The molecule has 0 unspecified atom stereocenters. The Morgan fingerprint density at radius 3 is 2.73 bits per heavy atom. The Morgan fingerprint density at radius 1 is 1.64 bits per heavy atom. The van der Waals surface area contributed by atoms with Crippen molar-refractivity contribution in [1.82, 2.24) is 4.90 Å². The van der Waals surface area contributed by atoms with Crippen LogP contribution in [0.1, 0.15) is 6.42 Å². The summed E-state index contributed by atoms with van der Waals surface area (Å²) in [6, 6.07) is 0. The Bertz CT molecular complexity index is 164. The normalized spacial score (nSPS) is 32.0. The van der Waals surface area contributed by atoms with Crippen LogP contribution in [0.5, 0.6) is 0 Å². The molecule has 2 N–H and O–H groups in total. The van der Waals surface area contributed by atoms with Crippen molar-refractivity contribution >= 4 is 6.09 Å². The smallest absolute Gasteiger partial charge is 0.407 e. The van der Waals surface area contributed by atoms with Gasteiger partial charge in [-0.2, -0.15) is 0 Å². The van der Waals surface area contributed by atoms with Crippen LogP contribution in [0.2, 0.25) is 0 Å². The molecular weight excluding hydrogens is 153 g/mol. The van der Waals surface area contributed by atoms with Crippen molar-refractivity contribution in [2.75, 3.05) is 13.1 Å². The highest BCUT2D eigenvalue weighted by Gasteiger charge is 2.29. The number of rotatable bonds is 0. The minimum atomic E-state index is -1.27. The van der Waals surface area contributed by atoms with Gasteiger partial charge in [-0.15, -0.1) is 0 Å². The Kier molecular flexibility index (Phi) is 2.28. The van der Waals surface area contributed by atoms with Crippen LogP contribution in [0, 0.1) is 0 Å². The average Bonchev–Trinajstić information content (AvgIpc) is 1.94. The van der Waals surface area contributed by atoms with E-state index in [2.05, 4.69) is 0 Å². The lowest BCUT2D eigenvalue weighted by Crippen LogP contribution is -2.47. The van der Waals surface area contributed by atoms with Crippen molar-refractivity contribution < 1.29 is 19.4 Å². The first-order valence-corrected chi connectivity index (χ1v) is 3.41. The standard InChI is InChI=1S/C6H10FNO3/c7-4-1-2-8(6(10)11)3-5(4)9/h4-5,9H,1-3H2,(H,10,11)/t4-,5-/m1/s1. The van der Waals surface area contributed by atoms with Crippen LogP contribution in [-0.4, -0.2) is 46.6 Å². The summed E-state index contributed by atoms with van der Waals surface area (Å²) in [6.45, 7) is 0.0596. The lowest BCUT2D eigenvalue weighted by Gasteiger charge is -2.29. The van der Waals surface area contributed by atoms with E-state index in [0.717, 1.165) is 4.90 Å². The van der Waals surface area contributed by atoms with E-state index in [1.807, 2.05) is 0 Å². The maximum atomic E-state index is 12.5. The molecule has 64 valence electrons. The number of amides is 1. The SMILES string of the molecule is O=C(O)N1CC[C@@H](F)[C@H](O)C1. The monoisotopic (exact) mass is 163 g/mol. The Morgan fingerprint density at radius 2 is 2.27 bits per heavy atom. The third kappa shape index (κ3) is 1.80. The first-order valence-electron chi connectivity index (χ1n) is 3.41. The molecule has 0 radical (unpaired) electrons. The van der Waals surface area contributed by atoms with Gasteiger partial charge in [0.1, 0.15) is 12.3 Å². The van der Waals surface area contributed by atoms with Crippen LogP contribution >= 0.6 is 0 Å². The maximum absolute atomic E-state index is 12.5. The highest BCUT2D eigenvalue weighted by Crippen LogP contribution is 2.13. The molecule has 11 heavy (non-hydrogen) atoms. The van der Waals surface area contributed by atoms with Crippen LogP contribution in [0.15, 0.2) is 0 Å². The van der Waals surface area contributed by atoms with E-state index in [1.165, 1.54) is 0 Å². The van der Waals surface area contributed by atoms with E-state index in [9.17, 15) is 9.18 Å². The van der Waals surface area contributed by atoms with Crippen molar-refractivity contribution in [1.29, 1.82) is 0 Å². The molecule has 1 amide bonds. The molecule has 1 heterocycles. The third-order valence-electron chi connectivity index (χ3n) is 1.77. The molecule has 2 atom stereocenters. The molecule has 1 saturated heterocycles. The number of β-amino-alcohol motifs (C(OH)–C–C–N with tert-alkyl or cyclic N) is 1. The second-order valence-corrected chi connectivity index (χ2v) is 2.60. The summed E-state index contributed by atoms with van der Waals surface area (Å²) in [7, 11) is 0. The fraction of sp³-hybridized carbons (Fsp3) is 0.833. The second kappa shape index (κ2) is 3.04. The number of hydrogen-bond acceptors (Lipinski definition) is 2. The quantitative estimate of drug-likeness (QED) is 0.531. The molecule has 4 nitrogen and oxygen atoms in total. The first-order chi connectivity index (χ1) is 5.11. The van der Waals surface area contributed by atoms with Gasteiger partial charge in [0.15, 0.2) is 0 Å². The van der Waals surface area contributed by atoms with E-state index < -0.39 is 18.4 Å². The largest absolute Gasteiger partial charge is 0.465 e. The molecule has 0 aromatic heterocycles. The number of aliphatic hydroxyl groups excluding tert-OH is 1. The summed E-state index contributed by atoms with van der Waals surface area (Å²) in [5.74, 6) is 0. The number of halogens is 1. The summed E-state index contributed by atoms with van der Waals surface area (Å²) in [6.07, 6.45) is -3.44. The first kappa shape index (κ1) is 8.26. The van der Waals surface area contributed by atoms with Crippen molar-refractivity contribution in [3.63, 3.8) is 0 Å².